The lowest BCUT2D eigenvalue weighted by molar-refractivity contribution is -0.690. The number of nitrogens with zero attached hydrogens (tertiary/aromatic N) is 1. The van der Waals surface area contributed by atoms with E-state index >= 15 is 0 Å². The van der Waals surface area contributed by atoms with Crippen LogP contribution in [0.1, 0.15) is 12.0 Å². The summed E-state index contributed by atoms with van der Waals surface area (Å²) in [5, 5.41) is 2.54. The fraction of sp³-hybridized carbons (Fsp3) is 0.222. The van der Waals surface area contributed by atoms with Gasteiger partial charge in [0.05, 0.1) is 22.2 Å². The quantitative estimate of drug-likeness (QED) is 0.807. The molecule has 0 radical (unpaired) electrons. The first-order chi connectivity index (χ1) is 12.5. The molecular weight excluding hydrogens is 379 g/mol. The lowest BCUT2D eigenvalue weighted by Crippen LogP contribution is -2.90. The maximum Gasteiger partial charge on any atom is 0.292 e. The molecule has 26 heavy (non-hydrogen) atoms. The third kappa shape index (κ3) is 3.11. The maximum absolute atomic E-state index is 12.7. The number of ether oxygens (including phenoxy) is 2. The number of anilines is 1. The summed E-state index contributed by atoms with van der Waals surface area (Å²) in [4.78, 5) is 26.2. The molecule has 134 valence electrons. The van der Waals surface area contributed by atoms with Crippen LogP contribution in [0.3, 0.4) is 0 Å². The number of hydrogen-bond donors (Lipinski definition) is 1. The van der Waals surface area contributed by atoms with Gasteiger partial charge in [-0.3, -0.25) is 9.59 Å². The molecule has 1 atom stereocenters. The monoisotopic (exact) mass is 393 g/mol. The van der Waals surface area contributed by atoms with Crippen molar-refractivity contribution < 1.29 is 24.4 Å². The highest BCUT2D eigenvalue weighted by molar-refractivity contribution is 6.42. The average Bonchev–Trinajstić information content (AvgIpc) is 3.19. The van der Waals surface area contributed by atoms with Gasteiger partial charge in [0.25, 0.3) is 5.91 Å². The largest absolute Gasteiger partial charge is 0.454 e. The highest BCUT2D eigenvalue weighted by atomic mass is 35.5. The van der Waals surface area contributed by atoms with E-state index in [1.165, 1.54) is 11.0 Å². The molecule has 2 aromatic carbocycles. The Morgan fingerprint density at radius 1 is 1.04 bits per heavy atom. The van der Waals surface area contributed by atoms with Crippen molar-refractivity contribution in [3.05, 3.63) is 52.0 Å². The second kappa shape index (κ2) is 6.79. The minimum atomic E-state index is -0.470. The minimum absolute atomic E-state index is 0.142. The number of carbonyl (C=O) groups excluding carboxylic acids is 2. The summed E-state index contributed by atoms with van der Waals surface area (Å²) >= 11 is 11.9. The average molecular weight is 394 g/mol. The van der Waals surface area contributed by atoms with Gasteiger partial charge in [0.1, 0.15) is 6.54 Å². The van der Waals surface area contributed by atoms with E-state index in [2.05, 4.69) is 0 Å². The number of fused-ring (bicyclic) bond motifs is 1. The molecule has 0 aliphatic carbocycles. The van der Waals surface area contributed by atoms with Crippen molar-refractivity contribution in [3.8, 4) is 11.5 Å². The summed E-state index contributed by atoms with van der Waals surface area (Å²) in [6, 6.07) is 9.89. The first-order valence-electron chi connectivity index (χ1n) is 8.06. The van der Waals surface area contributed by atoms with Crippen molar-refractivity contribution in [1.29, 1.82) is 0 Å². The van der Waals surface area contributed by atoms with Crippen LogP contribution >= 0.6 is 23.2 Å². The number of imide groups is 1. The third-order valence-corrected chi connectivity index (χ3v) is 5.16. The van der Waals surface area contributed by atoms with Gasteiger partial charge < -0.3 is 14.8 Å². The third-order valence-electron chi connectivity index (χ3n) is 4.42. The lowest BCUT2D eigenvalue weighted by Gasteiger charge is -2.15. The predicted molar refractivity (Wildman–Crippen MR) is 95.6 cm³/mol. The van der Waals surface area contributed by atoms with Gasteiger partial charge in [-0.2, -0.15) is 0 Å². The van der Waals surface area contributed by atoms with Gasteiger partial charge in [-0.25, -0.2) is 4.90 Å². The van der Waals surface area contributed by atoms with Crippen LogP contribution in [0, 0.1) is 0 Å². The zero-order valence-corrected chi connectivity index (χ0v) is 15.1. The first-order valence-corrected chi connectivity index (χ1v) is 8.82. The van der Waals surface area contributed by atoms with E-state index in [1.807, 2.05) is 23.5 Å². The SMILES string of the molecule is O=C1C[C@H]([NH2+]Cc2ccc3c(c2)OCO3)C(=O)N1c1ccc(Cl)c(Cl)c1. The normalized spacial score (nSPS) is 18.7. The number of benzene rings is 2. The van der Waals surface area contributed by atoms with E-state index in [0.29, 0.717) is 33.8 Å². The van der Waals surface area contributed by atoms with Gasteiger partial charge in [0.2, 0.25) is 12.7 Å². The van der Waals surface area contributed by atoms with E-state index in [-0.39, 0.29) is 25.0 Å². The Balaban J connectivity index is 1.46. The summed E-state index contributed by atoms with van der Waals surface area (Å²) < 4.78 is 10.6. The van der Waals surface area contributed by atoms with Crippen LogP contribution in [0.2, 0.25) is 10.0 Å². The minimum Gasteiger partial charge on any atom is -0.454 e. The highest BCUT2D eigenvalue weighted by Gasteiger charge is 2.42. The summed E-state index contributed by atoms with van der Waals surface area (Å²) in [5.41, 5.74) is 1.43. The number of nitrogens with two attached hydrogens (primary N) is 1. The van der Waals surface area contributed by atoms with Gasteiger partial charge in [-0.1, -0.05) is 23.2 Å². The Morgan fingerprint density at radius 3 is 2.65 bits per heavy atom. The van der Waals surface area contributed by atoms with Crippen LogP contribution in [0.15, 0.2) is 36.4 Å². The number of amides is 2. The molecule has 2 aromatic rings. The fourth-order valence-electron chi connectivity index (χ4n) is 3.08. The zero-order chi connectivity index (χ0) is 18.3. The van der Waals surface area contributed by atoms with Crippen molar-refractivity contribution in [2.45, 2.75) is 19.0 Å². The fourth-order valence-corrected chi connectivity index (χ4v) is 3.37. The first kappa shape index (κ1) is 17.1. The summed E-state index contributed by atoms with van der Waals surface area (Å²) in [6.45, 7) is 0.770. The Kier molecular flexibility index (Phi) is 4.48. The summed E-state index contributed by atoms with van der Waals surface area (Å²) in [6.07, 6.45) is 0.142. The number of halogens is 2. The smallest absolute Gasteiger partial charge is 0.292 e. The molecule has 1 saturated heterocycles. The molecule has 4 rings (SSSR count). The van der Waals surface area contributed by atoms with E-state index in [9.17, 15) is 9.59 Å². The molecule has 2 aliphatic rings. The number of quaternary nitrogens is 1. The van der Waals surface area contributed by atoms with Crippen molar-refractivity contribution in [3.63, 3.8) is 0 Å². The molecule has 8 heteroatoms. The van der Waals surface area contributed by atoms with Crippen LogP contribution in [-0.4, -0.2) is 24.6 Å². The Hall–Kier alpha value is -2.28. The maximum atomic E-state index is 12.7. The number of rotatable bonds is 4. The molecule has 2 amide bonds. The molecule has 0 spiro atoms. The van der Waals surface area contributed by atoms with Crippen LogP contribution in [-0.2, 0) is 16.1 Å². The molecule has 0 aromatic heterocycles. The summed E-state index contributed by atoms with van der Waals surface area (Å²) in [7, 11) is 0. The number of carbonyl (C=O) groups is 2. The molecule has 0 unspecified atom stereocenters. The van der Waals surface area contributed by atoms with Crippen molar-refractivity contribution in [1.82, 2.24) is 0 Å². The zero-order valence-electron chi connectivity index (χ0n) is 13.6. The topological polar surface area (TPSA) is 72.5 Å². The van der Waals surface area contributed by atoms with Gasteiger partial charge in [-0.05, 0) is 36.4 Å². The predicted octanol–water partition coefficient (Wildman–Crippen LogP) is 2.12. The molecule has 6 nitrogen and oxygen atoms in total. The van der Waals surface area contributed by atoms with Gasteiger partial charge in [0, 0.05) is 5.56 Å². The van der Waals surface area contributed by atoms with E-state index in [4.69, 9.17) is 32.7 Å². The standard InChI is InChI=1S/C18H14Cl2N2O4/c19-12-3-2-11(6-13(12)20)22-17(23)7-14(18(22)24)21-8-10-1-4-15-16(5-10)26-9-25-15/h1-6,14,21H,7-9H2/p+1/t14-/m0/s1. The Bertz CT molecular complexity index is 903. The lowest BCUT2D eigenvalue weighted by atomic mass is 10.1. The number of hydrogen-bond acceptors (Lipinski definition) is 4. The molecule has 2 N–H and O–H groups in total. The second-order valence-electron chi connectivity index (χ2n) is 6.10. The van der Waals surface area contributed by atoms with E-state index < -0.39 is 6.04 Å². The van der Waals surface area contributed by atoms with Crippen LogP contribution in [0.5, 0.6) is 11.5 Å². The second-order valence-corrected chi connectivity index (χ2v) is 6.92. The van der Waals surface area contributed by atoms with E-state index in [0.717, 1.165) is 5.56 Å². The van der Waals surface area contributed by atoms with Gasteiger partial charge in [0.15, 0.2) is 17.5 Å². The molecule has 2 aliphatic heterocycles. The van der Waals surface area contributed by atoms with Crippen LogP contribution in [0.25, 0.3) is 0 Å². The highest BCUT2D eigenvalue weighted by Crippen LogP contribution is 2.32. The van der Waals surface area contributed by atoms with Crippen molar-refractivity contribution >= 4 is 40.7 Å². The van der Waals surface area contributed by atoms with Gasteiger partial charge in [-0.15, -0.1) is 0 Å². The molecule has 0 bridgehead atoms. The van der Waals surface area contributed by atoms with Crippen molar-refractivity contribution in [2.24, 2.45) is 0 Å². The Labute approximate surface area is 159 Å². The molecular formula is C18H15Cl2N2O4+. The van der Waals surface area contributed by atoms with Crippen LogP contribution in [0.4, 0.5) is 5.69 Å². The molecule has 1 fully saturated rings. The molecule has 0 saturated carbocycles. The van der Waals surface area contributed by atoms with Gasteiger partial charge >= 0.3 is 0 Å². The van der Waals surface area contributed by atoms with E-state index in [1.54, 1.807) is 12.1 Å². The molecule has 2 heterocycles. The van der Waals surface area contributed by atoms with Crippen molar-refractivity contribution in [2.75, 3.05) is 11.7 Å². The Morgan fingerprint density at radius 2 is 1.85 bits per heavy atom. The van der Waals surface area contributed by atoms with Crippen LogP contribution < -0.4 is 19.7 Å². The summed E-state index contributed by atoms with van der Waals surface area (Å²) in [5.74, 6) is 0.906.